The van der Waals surface area contributed by atoms with Gasteiger partial charge in [0.1, 0.15) is 12.4 Å². The Morgan fingerprint density at radius 3 is 2.65 bits per heavy atom. The molecule has 2 aromatic rings. The van der Waals surface area contributed by atoms with Crippen LogP contribution in [0.3, 0.4) is 0 Å². The van der Waals surface area contributed by atoms with Crippen LogP contribution >= 0.6 is 0 Å². The average Bonchev–Trinajstić information content (AvgIpc) is 2.99. The van der Waals surface area contributed by atoms with Gasteiger partial charge in [-0.05, 0) is 24.8 Å². The lowest BCUT2D eigenvalue weighted by molar-refractivity contribution is 0.195. The maximum atomic E-state index is 5.11. The number of methoxy groups -OCH3 is 1. The highest BCUT2D eigenvalue weighted by atomic mass is 16.5. The van der Waals surface area contributed by atoms with Crippen LogP contribution in [0.5, 0.6) is 0 Å². The fourth-order valence-corrected chi connectivity index (χ4v) is 2.49. The largest absolute Gasteiger partial charge is 0.385 e. The summed E-state index contributed by atoms with van der Waals surface area (Å²) in [5, 5.41) is 15.0. The molecule has 2 N–H and O–H groups in total. The number of nitrogens with zero attached hydrogens (tertiary/aromatic N) is 4. The zero-order chi connectivity index (χ0) is 18.8. The molecule has 0 fully saturated rings. The van der Waals surface area contributed by atoms with E-state index in [-0.39, 0.29) is 0 Å². The molecule has 1 aromatic heterocycles. The summed E-state index contributed by atoms with van der Waals surface area (Å²) in [5.41, 5.74) is 1.31. The van der Waals surface area contributed by atoms with Crippen LogP contribution in [0.1, 0.15) is 36.5 Å². The third-order valence-corrected chi connectivity index (χ3v) is 4.32. The van der Waals surface area contributed by atoms with Crippen LogP contribution in [-0.4, -0.2) is 47.5 Å². The number of hydrogen-bond acceptors (Lipinski definition) is 4. The summed E-state index contributed by atoms with van der Waals surface area (Å²) in [6.45, 7) is 6.95. The van der Waals surface area contributed by atoms with Crippen molar-refractivity contribution in [2.75, 3.05) is 26.8 Å². The van der Waals surface area contributed by atoms with E-state index in [1.54, 1.807) is 7.11 Å². The lowest BCUT2D eigenvalue weighted by Crippen LogP contribution is -2.40. The first kappa shape index (κ1) is 19.9. The van der Waals surface area contributed by atoms with Gasteiger partial charge < -0.3 is 19.9 Å². The first-order valence-corrected chi connectivity index (χ1v) is 9.02. The molecule has 0 saturated heterocycles. The second-order valence-electron chi connectivity index (χ2n) is 6.35. The van der Waals surface area contributed by atoms with Crippen molar-refractivity contribution >= 4 is 5.96 Å². The lowest BCUT2D eigenvalue weighted by Gasteiger charge is -2.17. The highest BCUT2D eigenvalue weighted by Crippen LogP contribution is 2.12. The standard InChI is InChI=1S/C19H30N6O/c1-15(17-9-6-5-7-10-17)13-21-19(20-11-8-12-26-4)22-14-18-24-23-16(2)25(18)3/h5-7,9-10,15H,8,11-14H2,1-4H3,(H2,20,21,22). The highest BCUT2D eigenvalue weighted by Gasteiger charge is 2.08. The molecule has 142 valence electrons. The Labute approximate surface area is 155 Å². The predicted molar refractivity (Wildman–Crippen MR) is 104 cm³/mol. The van der Waals surface area contributed by atoms with Gasteiger partial charge in [-0.3, -0.25) is 0 Å². The monoisotopic (exact) mass is 358 g/mol. The molecule has 0 bridgehead atoms. The Balaban J connectivity index is 1.95. The van der Waals surface area contributed by atoms with Crippen LogP contribution in [0.2, 0.25) is 0 Å². The first-order valence-electron chi connectivity index (χ1n) is 9.02. The number of aromatic nitrogens is 3. The molecule has 0 radical (unpaired) electrons. The predicted octanol–water partition coefficient (Wildman–Crippen LogP) is 2.00. The first-order chi connectivity index (χ1) is 12.6. The maximum absolute atomic E-state index is 5.11. The van der Waals surface area contributed by atoms with Crippen molar-refractivity contribution < 1.29 is 4.74 Å². The number of benzene rings is 1. The molecule has 0 aliphatic carbocycles. The molecule has 0 aliphatic heterocycles. The summed E-state index contributed by atoms with van der Waals surface area (Å²) >= 11 is 0. The van der Waals surface area contributed by atoms with Crippen molar-refractivity contribution in [1.82, 2.24) is 25.4 Å². The lowest BCUT2D eigenvalue weighted by atomic mass is 10.0. The molecule has 2 rings (SSSR count). The minimum absolute atomic E-state index is 0.388. The van der Waals surface area contributed by atoms with Gasteiger partial charge in [0.2, 0.25) is 0 Å². The molecule has 0 saturated carbocycles. The molecule has 1 atom stereocenters. The number of rotatable bonds is 9. The van der Waals surface area contributed by atoms with E-state index in [1.165, 1.54) is 5.56 Å². The van der Waals surface area contributed by atoms with E-state index in [0.29, 0.717) is 12.5 Å². The van der Waals surface area contributed by atoms with Gasteiger partial charge >= 0.3 is 0 Å². The van der Waals surface area contributed by atoms with Gasteiger partial charge in [-0.1, -0.05) is 37.3 Å². The van der Waals surface area contributed by atoms with Crippen molar-refractivity contribution in [2.24, 2.45) is 12.0 Å². The molecule has 0 aliphatic rings. The summed E-state index contributed by atoms with van der Waals surface area (Å²) in [6.07, 6.45) is 0.925. The summed E-state index contributed by atoms with van der Waals surface area (Å²) in [5.74, 6) is 2.90. The number of guanidine groups is 1. The van der Waals surface area contributed by atoms with E-state index in [0.717, 1.165) is 43.7 Å². The van der Waals surface area contributed by atoms with Gasteiger partial charge in [-0.15, -0.1) is 10.2 Å². The average molecular weight is 358 g/mol. The SMILES string of the molecule is COCCCNC(=NCc1nnc(C)n1C)NCC(C)c1ccccc1. The van der Waals surface area contributed by atoms with Gasteiger partial charge in [0.15, 0.2) is 11.8 Å². The van der Waals surface area contributed by atoms with E-state index in [4.69, 9.17) is 4.74 Å². The molecule has 1 aromatic carbocycles. The summed E-state index contributed by atoms with van der Waals surface area (Å²) in [6, 6.07) is 10.5. The molecule has 1 heterocycles. The Kier molecular flexibility index (Phi) is 8.08. The van der Waals surface area contributed by atoms with Crippen LogP contribution in [0.25, 0.3) is 0 Å². The molecule has 0 amide bonds. The third-order valence-electron chi connectivity index (χ3n) is 4.32. The van der Waals surface area contributed by atoms with E-state index in [1.807, 2.05) is 24.6 Å². The van der Waals surface area contributed by atoms with Crippen LogP contribution in [0.15, 0.2) is 35.3 Å². The molecular formula is C19H30N6O. The minimum Gasteiger partial charge on any atom is -0.385 e. The molecule has 7 heteroatoms. The molecule has 0 spiro atoms. The zero-order valence-corrected chi connectivity index (χ0v) is 16.2. The van der Waals surface area contributed by atoms with Crippen molar-refractivity contribution in [3.63, 3.8) is 0 Å². The Hall–Kier alpha value is -2.41. The van der Waals surface area contributed by atoms with Crippen molar-refractivity contribution in [3.8, 4) is 0 Å². The molecular weight excluding hydrogens is 328 g/mol. The fraction of sp³-hybridized carbons (Fsp3) is 0.526. The van der Waals surface area contributed by atoms with Gasteiger partial charge in [0.05, 0.1) is 0 Å². The normalized spacial score (nSPS) is 12.8. The van der Waals surface area contributed by atoms with Gasteiger partial charge in [0, 0.05) is 33.9 Å². The van der Waals surface area contributed by atoms with E-state index in [2.05, 4.69) is 57.0 Å². The number of aliphatic imine (C=N–C) groups is 1. The van der Waals surface area contributed by atoms with Crippen molar-refractivity contribution in [2.45, 2.75) is 32.7 Å². The Morgan fingerprint density at radius 1 is 1.23 bits per heavy atom. The topological polar surface area (TPSA) is 76.4 Å². The van der Waals surface area contributed by atoms with Crippen molar-refractivity contribution in [3.05, 3.63) is 47.5 Å². The molecule has 7 nitrogen and oxygen atoms in total. The fourth-order valence-electron chi connectivity index (χ4n) is 2.49. The van der Waals surface area contributed by atoms with E-state index < -0.39 is 0 Å². The van der Waals surface area contributed by atoms with Gasteiger partial charge in [0.25, 0.3) is 0 Å². The van der Waals surface area contributed by atoms with Crippen LogP contribution in [0, 0.1) is 6.92 Å². The zero-order valence-electron chi connectivity index (χ0n) is 16.2. The van der Waals surface area contributed by atoms with Crippen LogP contribution in [-0.2, 0) is 18.3 Å². The number of hydrogen-bond donors (Lipinski definition) is 2. The summed E-state index contributed by atoms with van der Waals surface area (Å²) < 4.78 is 7.06. The smallest absolute Gasteiger partial charge is 0.191 e. The highest BCUT2D eigenvalue weighted by molar-refractivity contribution is 5.79. The second-order valence-corrected chi connectivity index (χ2v) is 6.35. The van der Waals surface area contributed by atoms with Gasteiger partial charge in [-0.25, -0.2) is 4.99 Å². The Morgan fingerprint density at radius 2 is 2.00 bits per heavy atom. The summed E-state index contributed by atoms with van der Waals surface area (Å²) in [7, 11) is 3.67. The maximum Gasteiger partial charge on any atom is 0.191 e. The van der Waals surface area contributed by atoms with E-state index in [9.17, 15) is 0 Å². The van der Waals surface area contributed by atoms with E-state index >= 15 is 0 Å². The number of ether oxygens (including phenoxy) is 1. The Bertz CT molecular complexity index is 683. The quantitative estimate of drug-likeness (QED) is 0.407. The number of nitrogens with one attached hydrogen (secondary N) is 2. The number of aryl methyl sites for hydroxylation is 1. The van der Waals surface area contributed by atoms with Crippen molar-refractivity contribution in [1.29, 1.82) is 0 Å². The minimum atomic E-state index is 0.388. The van der Waals surface area contributed by atoms with Gasteiger partial charge in [-0.2, -0.15) is 0 Å². The third kappa shape index (κ3) is 6.15. The van der Waals surface area contributed by atoms with Crippen LogP contribution < -0.4 is 10.6 Å². The molecule has 26 heavy (non-hydrogen) atoms. The second kappa shape index (κ2) is 10.6. The van der Waals surface area contributed by atoms with Crippen LogP contribution in [0.4, 0.5) is 0 Å². The summed E-state index contributed by atoms with van der Waals surface area (Å²) in [4.78, 5) is 4.66. The molecule has 1 unspecified atom stereocenters.